The van der Waals surface area contributed by atoms with Crippen LogP contribution in [0.2, 0.25) is 0 Å². The van der Waals surface area contributed by atoms with Crippen LogP contribution in [-0.4, -0.2) is 22.1 Å². The first-order chi connectivity index (χ1) is 12.7. The van der Waals surface area contributed by atoms with Crippen LogP contribution in [0.15, 0.2) is 59.3 Å². The fraction of sp³-hybridized carbons (Fsp3) is 0.105. The van der Waals surface area contributed by atoms with Crippen molar-refractivity contribution in [2.24, 2.45) is 0 Å². The van der Waals surface area contributed by atoms with Crippen molar-refractivity contribution in [2.75, 3.05) is 12.8 Å². The molecule has 0 amide bonds. The number of hydrogen-bond acceptors (Lipinski definition) is 7. The van der Waals surface area contributed by atoms with Crippen molar-refractivity contribution < 1.29 is 13.9 Å². The molecule has 26 heavy (non-hydrogen) atoms. The molecule has 0 atom stereocenters. The molecule has 0 unspecified atom stereocenters. The number of nitrogen functional groups attached to an aromatic ring is 1. The molecular weight excluding hydrogens is 332 g/mol. The molecular formula is C19H16N4O3. The highest BCUT2D eigenvalue weighted by atomic mass is 16.5. The van der Waals surface area contributed by atoms with Gasteiger partial charge in [-0.15, -0.1) is 0 Å². The van der Waals surface area contributed by atoms with Gasteiger partial charge in [-0.2, -0.15) is 0 Å². The highest BCUT2D eigenvalue weighted by Gasteiger charge is 2.12. The van der Waals surface area contributed by atoms with E-state index in [9.17, 15) is 0 Å². The molecule has 0 aliphatic carbocycles. The van der Waals surface area contributed by atoms with Crippen molar-refractivity contribution >= 4 is 16.9 Å². The number of aromatic nitrogens is 3. The molecule has 3 aromatic heterocycles. The third kappa shape index (κ3) is 3.14. The number of pyridine rings is 2. The van der Waals surface area contributed by atoms with E-state index >= 15 is 0 Å². The number of oxazole rings is 1. The van der Waals surface area contributed by atoms with Crippen LogP contribution in [0.1, 0.15) is 5.69 Å². The number of methoxy groups -OCH3 is 1. The van der Waals surface area contributed by atoms with Gasteiger partial charge in [0.05, 0.1) is 24.6 Å². The van der Waals surface area contributed by atoms with E-state index in [4.69, 9.17) is 19.6 Å². The summed E-state index contributed by atoms with van der Waals surface area (Å²) in [6.07, 6.45) is 3.28. The van der Waals surface area contributed by atoms with E-state index in [0.29, 0.717) is 46.5 Å². The summed E-state index contributed by atoms with van der Waals surface area (Å²) < 4.78 is 16.6. The molecule has 0 fully saturated rings. The van der Waals surface area contributed by atoms with Crippen LogP contribution >= 0.6 is 0 Å². The van der Waals surface area contributed by atoms with Gasteiger partial charge in [0.25, 0.3) is 0 Å². The van der Waals surface area contributed by atoms with Gasteiger partial charge in [0.15, 0.2) is 5.58 Å². The van der Waals surface area contributed by atoms with Gasteiger partial charge in [0.1, 0.15) is 29.4 Å². The predicted molar refractivity (Wildman–Crippen MR) is 96.8 cm³/mol. The summed E-state index contributed by atoms with van der Waals surface area (Å²) in [6.45, 7) is 0.343. The Bertz CT molecular complexity index is 1040. The summed E-state index contributed by atoms with van der Waals surface area (Å²) in [5.41, 5.74) is 8.68. The van der Waals surface area contributed by atoms with Crippen LogP contribution < -0.4 is 15.2 Å². The lowest BCUT2D eigenvalue weighted by Crippen LogP contribution is -1.98. The van der Waals surface area contributed by atoms with Crippen LogP contribution in [0.25, 0.3) is 22.6 Å². The zero-order valence-electron chi connectivity index (χ0n) is 14.0. The predicted octanol–water partition coefficient (Wildman–Crippen LogP) is 3.45. The van der Waals surface area contributed by atoms with Crippen LogP contribution in [0.5, 0.6) is 11.5 Å². The first-order valence-electron chi connectivity index (χ1n) is 7.96. The van der Waals surface area contributed by atoms with E-state index in [1.807, 2.05) is 36.4 Å². The minimum Gasteiger partial charge on any atom is -0.495 e. The first kappa shape index (κ1) is 15.9. The second kappa shape index (κ2) is 6.72. The van der Waals surface area contributed by atoms with Crippen molar-refractivity contribution in [2.45, 2.75) is 6.61 Å². The minimum atomic E-state index is 0.343. The summed E-state index contributed by atoms with van der Waals surface area (Å²) in [5, 5.41) is 0. The van der Waals surface area contributed by atoms with Gasteiger partial charge < -0.3 is 19.6 Å². The second-order valence-electron chi connectivity index (χ2n) is 5.56. The molecule has 0 radical (unpaired) electrons. The molecule has 0 saturated carbocycles. The summed E-state index contributed by atoms with van der Waals surface area (Å²) in [5.74, 6) is 2.19. The van der Waals surface area contributed by atoms with E-state index in [1.165, 1.54) is 0 Å². The van der Waals surface area contributed by atoms with Gasteiger partial charge in [0.2, 0.25) is 5.89 Å². The van der Waals surface area contributed by atoms with Crippen LogP contribution in [0.3, 0.4) is 0 Å². The Morgan fingerprint density at radius 3 is 2.73 bits per heavy atom. The molecule has 0 bridgehead atoms. The first-order valence-corrected chi connectivity index (χ1v) is 7.96. The number of nitrogens with zero attached hydrogens (tertiary/aromatic N) is 3. The topological polar surface area (TPSA) is 96.3 Å². The molecule has 4 aromatic rings. The highest BCUT2D eigenvalue weighted by Crippen LogP contribution is 2.29. The van der Waals surface area contributed by atoms with Crippen molar-refractivity contribution in [3.8, 4) is 23.0 Å². The molecule has 7 nitrogen and oxygen atoms in total. The van der Waals surface area contributed by atoms with Gasteiger partial charge in [0, 0.05) is 12.3 Å². The van der Waals surface area contributed by atoms with Crippen LogP contribution in [0, 0.1) is 0 Å². The fourth-order valence-electron chi connectivity index (χ4n) is 2.48. The van der Waals surface area contributed by atoms with Crippen molar-refractivity contribution in [3.05, 3.63) is 60.6 Å². The number of benzene rings is 1. The Morgan fingerprint density at radius 1 is 1.08 bits per heavy atom. The van der Waals surface area contributed by atoms with Crippen LogP contribution in [0.4, 0.5) is 5.82 Å². The summed E-state index contributed by atoms with van der Waals surface area (Å²) >= 11 is 0. The third-order valence-electron chi connectivity index (χ3n) is 3.85. The molecule has 130 valence electrons. The van der Waals surface area contributed by atoms with E-state index in [-0.39, 0.29) is 0 Å². The summed E-state index contributed by atoms with van der Waals surface area (Å²) in [6, 6.07) is 12.8. The zero-order chi connectivity index (χ0) is 17.9. The van der Waals surface area contributed by atoms with E-state index in [2.05, 4.69) is 15.0 Å². The smallest absolute Gasteiger partial charge is 0.231 e. The number of ether oxygens (including phenoxy) is 2. The molecule has 2 N–H and O–H groups in total. The molecule has 4 rings (SSSR count). The maximum absolute atomic E-state index is 5.89. The maximum atomic E-state index is 5.89. The third-order valence-corrected chi connectivity index (χ3v) is 3.85. The highest BCUT2D eigenvalue weighted by molar-refractivity contribution is 5.79. The Balaban J connectivity index is 1.54. The Morgan fingerprint density at radius 2 is 1.96 bits per heavy atom. The van der Waals surface area contributed by atoms with Gasteiger partial charge in [-0.1, -0.05) is 0 Å². The van der Waals surface area contributed by atoms with Gasteiger partial charge in [-0.3, -0.25) is 4.98 Å². The lowest BCUT2D eigenvalue weighted by atomic mass is 10.2. The Kier molecular flexibility index (Phi) is 4.10. The van der Waals surface area contributed by atoms with Crippen LogP contribution in [-0.2, 0) is 6.61 Å². The zero-order valence-corrected chi connectivity index (χ0v) is 14.0. The van der Waals surface area contributed by atoms with Crippen molar-refractivity contribution in [1.29, 1.82) is 0 Å². The monoisotopic (exact) mass is 348 g/mol. The van der Waals surface area contributed by atoms with E-state index in [1.54, 1.807) is 25.6 Å². The van der Waals surface area contributed by atoms with Gasteiger partial charge in [-0.25, -0.2) is 9.97 Å². The fourth-order valence-corrected chi connectivity index (χ4v) is 2.48. The SMILES string of the molecule is COc1ccc(COc2ccc3oc(-c4cccnc4N)nc3c2)nc1. The molecule has 3 heterocycles. The lowest BCUT2D eigenvalue weighted by Gasteiger charge is -2.06. The molecule has 1 aromatic carbocycles. The molecule has 0 saturated heterocycles. The van der Waals surface area contributed by atoms with Gasteiger partial charge >= 0.3 is 0 Å². The number of fused-ring (bicyclic) bond motifs is 1. The molecule has 7 heteroatoms. The Hall–Kier alpha value is -3.61. The molecule has 0 aliphatic heterocycles. The number of anilines is 1. The number of hydrogen-bond donors (Lipinski definition) is 1. The van der Waals surface area contributed by atoms with E-state index in [0.717, 1.165) is 5.69 Å². The van der Waals surface area contributed by atoms with E-state index < -0.39 is 0 Å². The normalized spacial score (nSPS) is 10.8. The average molecular weight is 348 g/mol. The molecule has 0 spiro atoms. The lowest BCUT2D eigenvalue weighted by molar-refractivity contribution is 0.301. The standard InChI is InChI=1S/C19H16N4O3/c1-24-14-5-4-12(22-10-14)11-25-13-6-7-17-16(9-13)23-19(26-17)15-3-2-8-21-18(15)20/h2-10H,11H2,1H3,(H2,20,21). The maximum Gasteiger partial charge on any atom is 0.231 e. The number of rotatable bonds is 5. The second-order valence-corrected chi connectivity index (χ2v) is 5.56. The quantitative estimate of drug-likeness (QED) is 0.590. The largest absolute Gasteiger partial charge is 0.495 e. The summed E-state index contributed by atoms with van der Waals surface area (Å²) in [7, 11) is 1.60. The molecule has 0 aliphatic rings. The average Bonchev–Trinajstić information content (AvgIpc) is 3.10. The van der Waals surface area contributed by atoms with Crippen molar-refractivity contribution in [1.82, 2.24) is 15.0 Å². The summed E-state index contributed by atoms with van der Waals surface area (Å²) in [4.78, 5) is 12.8. The Labute approximate surface area is 149 Å². The minimum absolute atomic E-state index is 0.343. The van der Waals surface area contributed by atoms with Gasteiger partial charge in [-0.05, 0) is 36.4 Å². The number of nitrogens with two attached hydrogens (primary N) is 1. The van der Waals surface area contributed by atoms with Crippen molar-refractivity contribution in [3.63, 3.8) is 0 Å².